The summed E-state index contributed by atoms with van der Waals surface area (Å²) < 4.78 is 27.9. The SMILES string of the molecule is Cc1ccc(S(=O)(=O)N(CC(=O)NCc2ccccc2C)c2cccc(C)c2)cc1. The van der Waals surface area contributed by atoms with E-state index < -0.39 is 10.0 Å². The Labute approximate surface area is 178 Å². The van der Waals surface area contributed by atoms with Crippen LogP contribution in [0.25, 0.3) is 0 Å². The van der Waals surface area contributed by atoms with Gasteiger partial charge >= 0.3 is 0 Å². The van der Waals surface area contributed by atoms with E-state index in [0.29, 0.717) is 12.2 Å². The molecule has 1 N–H and O–H groups in total. The van der Waals surface area contributed by atoms with Crippen LogP contribution in [0.5, 0.6) is 0 Å². The third kappa shape index (κ3) is 5.07. The first-order valence-electron chi connectivity index (χ1n) is 9.74. The van der Waals surface area contributed by atoms with E-state index in [1.165, 1.54) is 0 Å². The first-order chi connectivity index (χ1) is 14.3. The second kappa shape index (κ2) is 9.13. The first kappa shape index (κ1) is 21.6. The van der Waals surface area contributed by atoms with Gasteiger partial charge in [-0.3, -0.25) is 9.10 Å². The Kier molecular flexibility index (Phi) is 6.57. The minimum absolute atomic E-state index is 0.154. The Hall–Kier alpha value is -3.12. The highest BCUT2D eigenvalue weighted by Crippen LogP contribution is 2.24. The predicted molar refractivity (Wildman–Crippen MR) is 120 cm³/mol. The van der Waals surface area contributed by atoms with Crippen molar-refractivity contribution >= 4 is 21.6 Å². The maximum atomic E-state index is 13.4. The van der Waals surface area contributed by atoms with Crippen LogP contribution in [0.4, 0.5) is 5.69 Å². The Morgan fingerprint density at radius 3 is 2.23 bits per heavy atom. The summed E-state index contributed by atoms with van der Waals surface area (Å²) in [6, 6.07) is 21.5. The zero-order valence-corrected chi connectivity index (χ0v) is 18.2. The van der Waals surface area contributed by atoms with Crippen LogP contribution in [-0.4, -0.2) is 20.9 Å². The van der Waals surface area contributed by atoms with Crippen LogP contribution < -0.4 is 9.62 Å². The Bertz CT molecular complexity index is 1140. The van der Waals surface area contributed by atoms with Crippen LogP contribution in [0.3, 0.4) is 0 Å². The lowest BCUT2D eigenvalue weighted by Crippen LogP contribution is -2.40. The van der Waals surface area contributed by atoms with E-state index in [0.717, 1.165) is 26.6 Å². The Morgan fingerprint density at radius 2 is 1.57 bits per heavy atom. The van der Waals surface area contributed by atoms with Crippen molar-refractivity contribution in [1.29, 1.82) is 0 Å². The van der Waals surface area contributed by atoms with Crippen molar-refractivity contribution < 1.29 is 13.2 Å². The van der Waals surface area contributed by atoms with Crippen molar-refractivity contribution in [3.63, 3.8) is 0 Å². The highest BCUT2D eigenvalue weighted by atomic mass is 32.2. The maximum absolute atomic E-state index is 13.4. The number of hydrogen-bond donors (Lipinski definition) is 1. The largest absolute Gasteiger partial charge is 0.350 e. The van der Waals surface area contributed by atoms with Crippen molar-refractivity contribution in [2.45, 2.75) is 32.2 Å². The summed E-state index contributed by atoms with van der Waals surface area (Å²) in [7, 11) is -3.90. The number of aryl methyl sites for hydroxylation is 3. The molecule has 0 unspecified atom stereocenters. The Balaban J connectivity index is 1.87. The van der Waals surface area contributed by atoms with Crippen molar-refractivity contribution in [2.24, 2.45) is 0 Å². The van der Waals surface area contributed by atoms with Crippen molar-refractivity contribution in [2.75, 3.05) is 10.8 Å². The second-order valence-electron chi connectivity index (χ2n) is 7.37. The summed E-state index contributed by atoms with van der Waals surface area (Å²) in [5.41, 5.74) is 4.40. The van der Waals surface area contributed by atoms with E-state index in [1.54, 1.807) is 42.5 Å². The highest BCUT2D eigenvalue weighted by molar-refractivity contribution is 7.92. The standard InChI is InChI=1S/C24H26N2O3S/c1-18-11-13-23(14-12-18)30(28,29)26(22-10-6-7-19(2)15-22)17-24(27)25-16-21-9-5-4-8-20(21)3/h4-15H,16-17H2,1-3H3,(H,25,27). The maximum Gasteiger partial charge on any atom is 0.264 e. The van der Waals surface area contributed by atoms with Gasteiger partial charge in [-0.05, 0) is 61.7 Å². The molecular formula is C24H26N2O3S. The molecule has 0 saturated carbocycles. The van der Waals surface area contributed by atoms with Gasteiger partial charge in [-0.15, -0.1) is 0 Å². The minimum atomic E-state index is -3.90. The molecule has 0 aliphatic rings. The summed E-state index contributed by atoms with van der Waals surface area (Å²) in [5, 5.41) is 2.84. The molecule has 0 heterocycles. The van der Waals surface area contributed by atoms with Gasteiger partial charge in [0.2, 0.25) is 5.91 Å². The number of anilines is 1. The highest BCUT2D eigenvalue weighted by Gasteiger charge is 2.27. The Morgan fingerprint density at radius 1 is 0.867 bits per heavy atom. The fourth-order valence-corrected chi connectivity index (χ4v) is 4.54. The molecule has 3 aromatic rings. The van der Waals surface area contributed by atoms with Crippen LogP contribution in [0.15, 0.2) is 77.7 Å². The van der Waals surface area contributed by atoms with Gasteiger partial charge in [0.1, 0.15) is 6.54 Å². The number of rotatable bonds is 7. The van der Waals surface area contributed by atoms with E-state index in [9.17, 15) is 13.2 Å². The van der Waals surface area contributed by atoms with Gasteiger partial charge < -0.3 is 5.32 Å². The molecule has 6 heteroatoms. The summed E-state index contributed by atoms with van der Waals surface area (Å²) >= 11 is 0. The van der Waals surface area contributed by atoms with E-state index >= 15 is 0 Å². The van der Waals surface area contributed by atoms with E-state index in [4.69, 9.17) is 0 Å². The third-order valence-electron chi connectivity index (χ3n) is 4.92. The molecule has 0 saturated heterocycles. The summed E-state index contributed by atoms with van der Waals surface area (Å²) in [6.45, 7) is 5.80. The average Bonchev–Trinajstić information content (AvgIpc) is 2.71. The van der Waals surface area contributed by atoms with Crippen LogP contribution in [-0.2, 0) is 21.4 Å². The quantitative estimate of drug-likeness (QED) is 0.623. The van der Waals surface area contributed by atoms with Gasteiger partial charge in [-0.1, -0.05) is 54.1 Å². The van der Waals surface area contributed by atoms with E-state index in [1.807, 2.05) is 51.1 Å². The molecule has 0 aliphatic carbocycles. The molecule has 0 spiro atoms. The van der Waals surface area contributed by atoms with Crippen molar-refractivity contribution in [1.82, 2.24) is 5.32 Å². The van der Waals surface area contributed by atoms with Crippen molar-refractivity contribution in [3.8, 4) is 0 Å². The number of sulfonamides is 1. The number of hydrogen-bond acceptors (Lipinski definition) is 3. The molecule has 0 atom stereocenters. The zero-order valence-electron chi connectivity index (χ0n) is 17.4. The molecule has 5 nitrogen and oxygen atoms in total. The molecule has 156 valence electrons. The lowest BCUT2D eigenvalue weighted by molar-refractivity contribution is -0.119. The third-order valence-corrected chi connectivity index (χ3v) is 6.71. The summed E-state index contributed by atoms with van der Waals surface area (Å²) in [4.78, 5) is 12.9. The van der Waals surface area contributed by atoms with E-state index in [-0.39, 0.29) is 17.3 Å². The van der Waals surface area contributed by atoms with Gasteiger partial charge in [0.15, 0.2) is 0 Å². The van der Waals surface area contributed by atoms with Crippen LogP contribution in [0.1, 0.15) is 22.3 Å². The molecule has 1 amide bonds. The number of amides is 1. The van der Waals surface area contributed by atoms with Gasteiger partial charge in [0.05, 0.1) is 10.6 Å². The lowest BCUT2D eigenvalue weighted by atomic mass is 10.1. The first-order valence-corrected chi connectivity index (χ1v) is 11.2. The number of nitrogens with one attached hydrogen (secondary N) is 1. The lowest BCUT2D eigenvalue weighted by Gasteiger charge is -2.24. The molecule has 3 aromatic carbocycles. The van der Waals surface area contributed by atoms with Crippen LogP contribution >= 0.6 is 0 Å². The normalized spacial score (nSPS) is 11.2. The van der Waals surface area contributed by atoms with Crippen LogP contribution in [0.2, 0.25) is 0 Å². The number of benzene rings is 3. The number of nitrogens with zero attached hydrogens (tertiary/aromatic N) is 1. The number of carbonyl (C=O) groups is 1. The fourth-order valence-electron chi connectivity index (χ4n) is 3.12. The summed E-state index contributed by atoms with van der Waals surface area (Å²) in [5.74, 6) is -0.365. The van der Waals surface area contributed by atoms with E-state index in [2.05, 4.69) is 5.32 Å². The average molecular weight is 423 g/mol. The van der Waals surface area contributed by atoms with Crippen molar-refractivity contribution in [3.05, 3.63) is 95.1 Å². The van der Waals surface area contributed by atoms with Gasteiger partial charge in [-0.25, -0.2) is 8.42 Å². The molecule has 0 bridgehead atoms. The molecule has 0 radical (unpaired) electrons. The van der Waals surface area contributed by atoms with Crippen LogP contribution in [0, 0.1) is 20.8 Å². The fraction of sp³-hybridized carbons (Fsp3) is 0.208. The molecule has 3 rings (SSSR count). The number of carbonyl (C=O) groups excluding carboxylic acids is 1. The molecule has 0 aromatic heterocycles. The molecule has 30 heavy (non-hydrogen) atoms. The second-order valence-corrected chi connectivity index (χ2v) is 9.23. The monoisotopic (exact) mass is 422 g/mol. The topological polar surface area (TPSA) is 66.5 Å². The van der Waals surface area contributed by atoms with Gasteiger partial charge in [0.25, 0.3) is 10.0 Å². The minimum Gasteiger partial charge on any atom is -0.350 e. The smallest absolute Gasteiger partial charge is 0.264 e. The predicted octanol–water partition coefficient (Wildman–Crippen LogP) is 4.12. The molecular weight excluding hydrogens is 396 g/mol. The zero-order chi connectivity index (χ0) is 21.7. The molecule has 0 fully saturated rings. The summed E-state index contributed by atoms with van der Waals surface area (Å²) in [6.07, 6.45) is 0. The van der Waals surface area contributed by atoms with Gasteiger partial charge in [-0.2, -0.15) is 0 Å². The molecule has 0 aliphatic heterocycles. The van der Waals surface area contributed by atoms with Gasteiger partial charge in [0, 0.05) is 6.54 Å².